The Morgan fingerprint density at radius 2 is 2.22 bits per heavy atom. The SMILES string of the molecule is CCN(CCC1CCCC1(N)C(=O)OC)C(C)C. The second-order valence-electron chi connectivity index (χ2n) is 5.63. The van der Waals surface area contributed by atoms with Gasteiger partial charge in [-0.1, -0.05) is 13.3 Å². The minimum absolute atomic E-state index is 0.238. The Bertz CT molecular complexity index is 281. The first-order valence-corrected chi connectivity index (χ1v) is 7.07. The Balaban J connectivity index is 2.58. The van der Waals surface area contributed by atoms with E-state index in [4.69, 9.17) is 10.5 Å². The molecule has 0 spiro atoms. The summed E-state index contributed by atoms with van der Waals surface area (Å²) in [6, 6.07) is 0.543. The molecular formula is C14H28N2O2. The Morgan fingerprint density at radius 1 is 1.56 bits per heavy atom. The number of ether oxygens (including phenoxy) is 1. The van der Waals surface area contributed by atoms with Crippen LogP contribution in [0.4, 0.5) is 0 Å². The first kappa shape index (κ1) is 15.4. The highest BCUT2D eigenvalue weighted by Gasteiger charge is 2.46. The molecule has 1 aliphatic carbocycles. The van der Waals surface area contributed by atoms with Crippen LogP contribution in [0.3, 0.4) is 0 Å². The van der Waals surface area contributed by atoms with Gasteiger partial charge in [-0.2, -0.15) is 0 Å². The van der Waals surface area contributed by atoms with E-state index in [9.17, 15) is 4.79 Å². The zero-order chi connectivity index (χ0) is 13.8. The van der Waals surface area contributed by atoms with Crippen LogP contribution in [0.25, 0.3) is 0 Å². The molecule has 0 aromatic heterocycles. The van der Waals surface area contributed by atoms with Gasteiger partial charge in [-0.05, 0) is 52.1 Å². The molecule has 0 heterocycles. The molecule has 18 heavy (non-hydrogen) atoms. The van der Waals surface area contributed by atoms with Crippen molar-refractivity contribution in [3.63, 3.8) is 0 Å². The zero-order valence-corrected chi connectivity index (χ0v) is 12.2. The Hall–Kier alpha value is -0.610. The van der Waals surface area contributed by atoms with Crippen LogP contribution in [-0.4, -0.2) is 42.6 Å². The summed E-state index contributed by atoms with van der Waals surface area (Å²) in [4.78, 5) is 14.2. The first-order chi connectivity index (χ1) is 8.45. The van der Waals surface area contributed by atoms with Crippen molar-refractivity contribution in [2.75, 3.05) is 20.2 Å². The molecule has 0 bridgehead atoms. The summed E-state index contributed by atoms with van der Waals surface area (Å²) in [6.45, 7) is 8.63. The van der Waals surface area contributed by atoms with Gasteiger partial charge < -0.3 is 15.4 Å². The molecule has 0 aromatic carbocycles. The number of carbonyl (C=O) groups excluding carboxylic acids is 1. The maximum atomic E-state index is 11.8. The van der Waals surface area contributed by atoms with Gasteiger partial charge in [0.15, 0.2) is 0 Å². The van der Waals surface area contributed by atoms with Gasteiger partial charge in [-0.3, -0.25) is 4.79 Å². The van der Waals surface area contributed by atoms with Gasteiger partial charge >= 0.3 is 5.97 Å². The molecule has 0 amide bonds. The molecule has 2 N–H and O–H groups in total. The van der Waals surface area contributed by atoms with Crippen molar-refractivity contribution in [3.8, 4) is 0 Å². The number of rotatable bonds is 6. The van der Waals surface area contributed by atoms with Crippen LogP contribution in [-0.2, 0) is 9.53 Å². The fraction of sp³-hybridized carbons (Fsp3) is 0.929. The van der Waals surface area contributed by atoms with Crippen molar-refractivity contribution in [2.24, 2.45) is 11.7 Å². The summed E-state index contributed by atoms with van der Waals surface area (Å²) in [7, 11) is 1.43. The molecule has 106 valence electrons. The lowest BCUT2D eigenvalue weighted by Gasteiger charge is -2.31. The lowest BCUT2D eigenvalue weighted by molar-refractivity contribution is -0.148. The van der Waals surface area contributed by atoms with Crippen LogP contribution in [0.2, 0.25) is 0 Å². The molecule has 1 rings (SSSR count). The predicted octanol–water partition coefficient (Wildman–Crippen LogP) is 1.78. The number of nitrogens with zero attached hydrogens (tertiary/aromatic N) is 1. The van der Waals surface area contributed by atoms with Crippen molar-refractivity contribution in [3.05, 3.63) is 0 Å². The average molecular weight is 256 g/mol. The summed E-state index contributed by atoms with van der Waals surface area (Å²) >= 11 is 0. The van der Waals surface area contributed by atoms with E-state index in [-0.39, 0.29) is 11.9 Å². The quantitative estimate of drug-likeness (QED) is 0.736. The Labute approximate surface area is 111 Å². The van der Waals surface area contributed by atoms with Gasteiger partial charge in [0, 0.05) is 6.04 Å². The van der Waals surface area contributed by atoms with Crippen LogP contribution < -0.4 is 5.73 Å². The maximum Gasteiger partial charge on any atom is 0.326 e. The van der Waals surface area contributed by atoms with E-state index in [1.54, 1.807) is 0 Å². The van der Waals surface area contributed by atoms with Gasteiger partial charge in [0.25, 0.3) is 0 Å². The van der Waals surface area contributed by atoms with Crippen LogP contribution in [0.15, 0.2) is 0 Å². The van der Waals surface area contributed by atoms with Gasteiger partial charge in [0.1, 0.15) is 5.54 Å². The molecule has 1 saturated carbocycles. The monoisotopic (exact) mass is 256 g/mol. The summed E-state index contributed by atoms with van der Waals surface area (Å²) in [5.74, 6) is 0.0235. The largest absolute Gasteiger partial charge is 0.468 e. The molecule has 2 unspecified atom stereocenters. The van der Waals surface area contributed by atoms with Crippen molar-refractivity contribution >= 4 is 5.97 Å². The number of hydrogen-bond acceptors (Lipinski definition) is 4. The summed E-state index contributed by atoms with van der Waals surface area (Å²) < 4.78 is 4.87. The fourth-order valence-corrected chi connectivity index (χ4v) is 3.07. The van der Waals surface area contributed by atoms with Crippen molar-refractivity contribution in [2.45, 2.75) is 58.0 Å². The van der Waals surface area contributed by atoms with E-state index < -0.39 is 5.54 Å². The number of esters is 1. The van der Waals surface area contributed by atoms with Gasteiger partial charge in [0.05, 0.1) is 7.11 Å². The van der Waals surface area contributed by atoms with E-state index in [0.29, 0.717) is 6.04 Å². The summed E-state index contributed by atoms with van der Waals surface area (Å²) in [6.07, 6.45) is 3.82. The third-order valence-corrected chi connectivity index (χ3v) is 4.34. The minimum Gasteiger partial charge on any atom is -0.468 e. The van der Waals surface area contributed by atoms with E-state index in [2.05, 4.69) is 25.7 Å². The maximum absolute atomic E-state index is 11.8. The van der Waals surface area contributed by atoms with Crippen LogP contribution in [0, 0.1) is 5.92 Å². The molecule has 4 heteroatoms. The van der Waals surface area contributed by atoms with Crippen molar-refractivity contribution < 1.29 is 9.53 Å². The highest BCUT2D eigenvalue weighted by atomic mass is 16.5. The predicted molar refractivity (Wildman–Crippen MR) is 73.3 cm³/mol. The lowest BCUT2D eigenvalue weighted by atomic mass is 9.85. The molecule has 2 atom stereocenters. The number of methoxy groups -OCH3 is 1. The third kappa shape index (κ3) is 3.23. The summed E-state index contributed by atoms with van der Waals surface area (Å²) in [5.41, 5.74) is 5.52. The lowest BCUT2D eigenvalue weighted by Crippen LogP contribution is -2.52. The average Bonchev–Trinajstić information content (AvgIpc) is 2.71. The number of hydrogen-bond donors (Lipinski definition) is 1. The van der Waals surface area contributed by atoms with Gasteiger partial charge in [-0.15, -0.1) is 0 Å². The fourth-order valence-electron chi connectivity index (χ4n) is 3.07. The van der Waals surface area contributed by atoms with Crippen LogP contribution >= 0.6 is 0 Å². The normalized spacial score (nSPS) is 28.1. The molecule has 0 radical (unpaired) electrons. The molecule has 0 saturated heterocycles. The molecule has 1 aliphatic rings. The zero-order valence-electron chi connectivity index (χ0n) is 12.2. The highest BCUT2D eigenvalue weighted by molar-refractivity contribution is 5.81. The smallest absolute Gasteiger partial charge is 0.326 e. The van der Waals surface area contributed by atoms with Crippen LogP contribution in [0.1, 0.15) is 46.5 Å². The molecule has 0 aromatic rings. The van der Waals surface area contributed by atoms with E-state index in [1.165, 1.54) is 7.11 Å². The molecule has 0 aliphatic heterocycles. The standard InChI is InChI=1S/C14H28N2O2/c1-5-16(11(2)3)10-8-12-7-6-9-14(12,15)13(17)18-4/h11-12H,5-10,15H2,1-4H3. The van der Waals surface area contributed by atoms with E-state index in [1.807, 2.05) is 0 Å². The van der Waals surface area contributed by atoms with Gasteiger partial charge in [-0.25, -0.2) is 0 Å². The van der Waals surface area contributed by atoms with E-state index in [0.717, 1.165) is 38.8 Å². The molecule has 1 fully saturated rings. The molecular weight excluding hydrogens is 228 g/mol. The highest BCUT2D eigenvalue weighted by Crippen LogP contribution is 2.37. The Kier molecular flexibility index (Phi) is 5.60. The van der Waals surface area contributed by atoms with Crippen molar-refractivity contribution in [1.29, 1.82) is 0 Å². The second kappa shape index (κ2) is 6.53. The summed E-state index contributed by atoms with van der Waals surface area (Å²) in [5, 5.41) is 0. The van der Waals surface area contributed by atoms with E-state index >= 15 is 0 Å². The number of carbonyl (C=O) groups is 1. The third-order valence-electron chi connectivity index (χ3n) is 4.34. The topological polar surface area (TPSA) is 55.6 Å². The second-order valence-corrected chi connectivity index (χ2v) is 5.63. The first-order valence-electron chi connectivity index (χ1n) is 7.07. The number of nitrogens with two attached hydrogens (primary N) is 1. The van der Waals surface area contributed by atoms with Crippen molar-refractivity contribution in [1.82, 2.24) is 4.90 Å². The van der Waals surface area contributed by atoms with Crippen LogP contribution in [0.5, 0.6) is 0 Å². The van der Waals surface area contributed by atoms with Gasteiger partial charge in [0.2, 0.25) is 0 Å². The molecule has 4 nitrogen and oxygen atoms in total. The Morgan fingerprint density at radius 3 is 2.72 bits per heavy atom. The minimum atomic E-state index is -0.745.